The minimum absolute atomic E-state index is 0.187. The van der Waals surface area contributed by atoms with Crippen molar-refractivity contribution in [2.24, 2.45) is 0 Å². The van der Waals surface area contributed by atoms with Crippen LogP contribution >= 0.6 is 0 Å². The summed E-state index contributed by atoms with van der Waals surface area (Å²) < 4.78 is 1.82. The molecule has 0 aliphatic rings. The largest absolute Gasteiger partial charge is 0.309 e. The summed E-state index contributed by atoms with van der Waals surface area (Å²) in [5, 5.41) is 9.71. The average molecular weight is 465 g/mol. The van der Waals surface area contributed by atoms with Gasteiger partial charge in [0.2, 0.25) is 0 Å². The third-order valence-corrected chi connectivity index (χ3v) is 6.12. The van der Waals surface area contributed by atoms with E-state index in [4.69, 9.17) is 4.98 Å². The van der Waals surface area contributed by atoms with Gasteiger partial charge in [-0.2, -0.15) is 0 Å². The number of ketones is 1. The lowest BCUT2D eigenvalue weighted by Crippen LogP contribution is -2.13. The van der Waals surface area contributed by atoms with Crippen LogP contribution in [0.5, 0.6) is 0 Å². The summed E-state index contributed by atoms with van der Waals surface area (Å²) in [4.78, 5) is 23.9. The molecule has 0 aliphatic carbocycles. The molecule has 3 heterocycles. The maximum absolute atomic E-state index is 12.5. The fraction of sp³-hybridized carbons (Fsp3) is 0.250. The van der Waals surface area contributed by atoms with Crippen LogP contribution in [0.25, 0.3) is 33.3 Å². The summed E-state index contributed by atoms with van der Waals surface area (Å²) in [7, 11) is 4.10. The fourth-order valence-corrected chi connectivity index (χ4v) is 4.20. The maximum atomic E-state index is 12.5. The first kappa shape index (κ1) is 22.8. The van der Waals surface area contributed by atoms with Crippen LogP contribution < -0.4 is 0 Å². The van der Waals surface area contributed by atoms with E-state index in [9.17, 15) is 4.79 Å². The number of hydrogen-bond acceptors (Lipinski definition) is 6. The number of unbranched alkanes of at least 4 members (excludes halogenated alkanes) is 1. The van der Waals surface area contributed by atoms with Gasteiger partial charge >= 0.3 is 0 Å². The number of hydrogen-bond donors (Lipinski definition) is 0. The highest BCUT2D eigenvalue weighted by Gasteiger charge is 2.11. The van der Waals surface area contributed by atoms with Crippen molar-refractivity contribution in [2.75, 3.05) is 20.6 Å². The minimum Gasteiger partial charge on any atom is -0.309 e. The Bertz CT molecular complexity index is 1470. The molecule has 0 atom stereocenters. The zero-order valence-corrected chi connectivity index (χ0v) is 20.1. The van der Waals surface area contributed by atoms with E-state index in [0.717, 1.165) is 63.8 Å². The molecule has 0 saturated heterocycles. The molecule has 0 fully saturated rings. The molecule has 0 saturated carbocycles. The molecular formula is C28H28N6O. The van der Waals surface area contributed by atoms with Crippen LogP contribution in [0, 0.1) is 0 Å². The van der Waals surface area contributed by atoms with Crippen molar-refractivity contribution in [3.63, 3.8) is 0 Å². The van der Waals surface area contributed by atoms with Crippen molar-refractivity contribution in [3.05, 3.63) is 84.1 Å². The van der Waals surface area contributed by atoms with Gasteiger partial charge in [0.1, 0.15) is 5.52 Å². The van der Waals surface area contributed by atoms with Crippen LogP contribution in [0.15, 0.2) is 72.9 Å². The lowest BCUT2D eigenvalue weighted by atomic mass is 10.0. The van der Waals surface area contributed by atoms with Gasteiger partial charge in [-0.3, -0.25) is 9.78 Å². The fourth-order valence-electron chi connectivity index (χ4n) is 4.20. The normalized spacial score (nSPS) is 11.5. The number of fused-ring (bicyclic) bond motifs is 2. The SMILES string of the molecule is CN(C)CCCCC(=O)c1ccc(-c2ccc3nnn(Cc4ccc5ncccc5c4)c3n2)cc1. The molecule has 7 heteroatoms. The molecule has 2 aromatic carbocycles. The lowest BCUT2D eigenvalue weighted by Gasteiger charge is -2.08. The quantitative estimate of drug-likeness (QED) is 0.226. The van der Waals surface area contributed by atoms with Gasteiger partial charge in [0.05, 0.1) is 17.8 Å². The highest BCUT2D eigenvalue weighted by Crippen LogP contribution is 2.22. The van der Waals surface area contributed by atoms with E-state index in [1.54, 1.807) is 6.20 Å². The first-order chi connectivity index (χ1) is 17.1. The molecule has 0 N–H and O–H groups in total. The van der Waals surface area contributed by atoms with Gasteiger partial charge in [0.15, 0.2) is 11.4 Å². The van der Waals surface area contributed by atoms with Gasteiger partial charge in [-0.25, -0.2) is 9.67 Å². The smallest absolute Gasteiger partial charge is 0.179 e. The molecule has 5 aromatic rings. The van der Waals surface area contributed by atoms with Crippen LogP contribution in [0.4, 0.5) is 0 Å². The van der Waals surface area contributed by atoms with Gasteiger partial charge in [-0.1, -0.05) is 41.6 Å². The van der Waals surface area contributed by atoms with E-state index in [1.807, 2.05) is 53.2 Å². The molecule has 7 nitrogen and oxygen atoms in total. The van der Waals surface area contributed by atoms with Gasteiger partial charge in [0.25, 0.3) is 0 Å². The molecule has 0 amide bonds. The summed E-state index contributed by atoms with van der Waals surface area (Å²) in [6.45, 7) is 1.57. The molecule has 0 spiro atoms. The zero-order chi connectivity index (χ0) is 24.2. The van der Waals surface area contributed by atoms with Crippen molar-refractivity contribution in [2.45, 2.75) is 25.8 Å². The van der Waals surface area contributed by atoms with Crippen LogP contribution in [-0.4, -0.2) is 56.3 Å². The van der Waals surface area contributed by atoms with E-state index in [2.05, 4.69) is 52.5 Å². The van der Waals surface area contributed by atoms with E-state index in [1.165, 1.54) is 0 Å². The third kappa shape index (κ3) is 5.25. The maximum Gasteiger partial charge on any atom is 0.179 e. The van der Waals surface area contributed by atoms with Crippen LogP contribution in [0.3, 0.4) is 0 Å². The van der Waals surface area contributed by atoms with Crippen molar-refractivity contribution >= 4 is 27.9 Å². The van der Waals surface area contributed by atoms with E-state index in [0.29, 0.717) is 13.0 Å². The Morgan fingerprint density at radius 3 is 2.60 bits per heavy atom. The van der Waals surface area contributed by atoms with Crippen LogP contribution in [-0.2, 0) is 6.54 Å². The average Bonchev–Trinajstić information content (AvgIpc) is 3.28. The lowest BCUT2D eigenvalue weighted by molar-refractivity contribution is 0.0978. The standard InChI is InChI=1S/C28H28N6O/c1-33(2)17-4-3-7-27(35)22-11-9-21(10-12-22)25-14-15-26-28(30-25)34(32-31-26)19-20-8-13-24-23(18-20)6-5-16-29-24/h5-6,8-16,18H,3-4,7,17,19H2,1-2H3. The predicted octanol–water partition coefficient (Wildman–Crippen LogP) is 5.00. The van der Waals surface area contributed by atoms with Gasteiger partial charge < -0.3 is 4.90 Å². The van der Waals surface area contributed by atoms with Gasteiger partial charge in [-0.15, -0.1) is 5.10 Å². The number of nitrogens with zero attached hydrogens (tertiary/aromatic N) is 6. The van der Waals surface area contributed by atoms with Crippen LogP contribution in [0.1, 0.15) is 35.2 Å². The molecule has 35 heavy (non-hydrogen) atoms. The van der Waals surface area contributed by atoms with Crippen molar-refractivity contribution in [3.8, 4) is 11.3 Å². The highest BCUT2D eigenvalue weighted by atomic mass is 16.1. The van der Waals surface area contributed by atoms with E-state index >= 15 is 0 Å². The molecule has 5 rings (SSSR count). The molecule has 0 radical (unpaired) electrons. The second kappa shape index (κ2) is 10.1. The van der Waals surface area contributed by atoms with Gasteiger partial charge in [-0.05, 0) is 69.4 Å². The summed E-state index contributed by atoms with van der Waals surface area (Å²) in [5.74, 6) is 0.187. The predicted molar refractivity (Wildman–Crippen MR) is 138 cm³/mol. The summed E-state index contributed by atoms with van der Waals surface area (Å²) >= 11 is 0. The first-order valence-corrected chi connectivity index (χ1v) is 11.9. The Labute approximate surface area is 204 Å². The van der Waals surface area contributed by atoms with Gasteiger partial charge in [0, 0.05) is 29.1 Å². The van der Waals surface area contributed by atoms with Crippen LogP contribution in [0.2, 0.25) is 0 Å². The Morgan fingerprint density at radius 2 is 1.77 bits per heavy atom. The summed E-state index contributed by atoms with van der Waals surface area (Å²) in [5.41, 5.74) is 6.09. The number of rotatable bonds is 9. The number of benzene rings is 2. The first-order valence-electron chi connectivity index (χ1n) is 11.9. The Hall–Kier alpha value is -3.97. The second-order valence-corrected chi connectivity index (χ2v) is 9.08. The number of carbonyl (C=O) groups is 1. The molecule has 176 valence electrons. The Kier molecular flexibility index (Phi) is 6.59. The topological polar surface area (TPSA) is 76.8 Å². The zero-order valence-electron chi connectivity index (χ0n) is 20.1. The summed E-state index contributed by atoms with van der Waals surface area (Å²) in [6.07, 6.45) is 4.31. The third-order valence-electron chi connectivity index (χ3n) is 6.12. The van der Waals surface area contributed by atoms with E-state index < -0.39 is 0 Å². The molecule has 0 bridgehead atoms. The molecular weight excluding hydrogens is 436 g/mol. The van der Waals surface area contributed by atoms with E-state index in [-0.39, 0.29) is 5.78 Å². The Balaban J connectivity index is 1.33. The molecule has 0 unspecified atom stereocenters. The summed E-state index contributed by atoms with van der Waals surface area (Å²) in [6, 6.07) is 21.8. The Morgan fingerprint density at radius 1 is 0.943 bits per heavy atom. The van der Waals surface area contributed by atoms with Crippen molar-refractivity contribution in [1.29, 1.82) is 0 Å². The van der Waals surface area contributed by atoms with Crippen molar-refractivity contribution < 1.29 is 4.79 Å². The number of aromatic nitrogens is 5. The monoisotopic (exact) mass is 464 g/mol. The molecule has 0 aliphatic heterocycles. The molecule has 3 aromatic heterocycles. The number of pyridine rings is 2. The minimum atomic E-state index is 0.187. The number of Topliss-reactive ketones (excluding diaryl/α,β-unsaturated/α-hetero) is 1. The van der Waals surface area contributed by atoms with Crippen molar-refractivity contribution in [1.82, 2.24) is 29.9 Å². The second-order valence-electron chi connectivity index (χ2n) is 9.08. The highest BCUT2D eigenvalue weighted by molar-refractivity contribution is 5.96. The number of carbonyl (C=O) groups excluding carboxylic acids is 1.